The lowest BCUT2D eigenvalue weighted by Crippen LogP contribution is -2.60. The molecule has 1 aromatic carbocycles. The molecule has 0 amide bonds. The van der Waals surface area contributed by atoms with Crippen LogP contribution < -0.4 is 0 Å². The molecular formula is C14H18O3. The van der Waals surface area contributed by atoms with Crippen molar-refractivity contribution < 1.29 is 14.6 Å². The molecule has 1 fully saturated rings. The van der Waals surface area contributed by atoms with E-state index in [1.165, 1.54) is 7.11 Å². The minimum absolute atomic E-state index is 0.238. The Morgan fingerprint density at radius 3 is 2.41 bits per heavy atom. The number of esters is 1. The first-order chi connectivity index (χ1) is 7.93. The normalized spacial score (nSPS) is 30.5. The fourth-order valence-corrected chi connectivity index (χ4v) is 2.69. The maximum atomic E-state index is 11.6. The molecule has 0 unspecified atom stereocenters. The Hall–Kier alpha value is -1.35. The van der Waals surface area contributed by atoms with Crippen LogP contribution in [0.2, 0.25) is 0 Å². The Balaban J connectivity index is 2.29. The number of rotatable bonds is 2. The quantitative estimate of drug-likeness (QED) is 0.797. The molecule has 0 aromatic heterocycles. The van der Waals surface area contributed by atoms with Crippen LogP contribution in [0, 0.1) is 11.3 Å². The number of hydrogen-bond donors (Lipinski definition) is 1. The molecule has 92 valence electrons. The predicted octanol–water partition coefficient (Wildman–Crippen LogP) is 2.09. The van der Waals surface area contributed by atoms with E-state index in [1.807, 2.05) is 44.2 Å². The number of methoxy groups -OCH3 is 1. The molecule has 0 bridgehead atoms. The molecular weight excluding hydrogens is 216 g/mol. The Morgan fingerprint density at radius 2 is 1.94 bits per heavy atom. The van der Waals surface area contributed by atoms with Crippen LogP contribution >= 0.6 is 0 Å². The van der Waals surface area contributed by atoms with E-state index in [1.54, 1.807) is 0 Å². The van der Waals surface area contributed by atoms with Gasteiger partial charge >= 0.3 is 5.97 Å². The Bertz CT molecular complexity index is 424. The summed E-state index contributed by atoms with van der Waals surface area (Å²) in [5.74, 6) is -0.478. The van der Waals surface area contributed by atoms with Crippen molar-refractivity contribution in [3.05, 3.63) is 35.9 Å². The van der Waals surface area contributed by atoms with Crippen molar-refractivity contribution >= 4 is 5.97 Å². The number of ether oxygens (including phenoxy) is 1. The Kier molecular flexibility index (Phi) is 2.74. The van der Waals surface area contributed by atoms with Gasteiger partial charge in [-0.1, -0.05) is 44.2 Å². The first-order valence-corrected chi connectivity index (χ1v) is 5.79. The van der Waals surface area contributed by atoms with Crippen molar-refractivity contribution in [2.45, 2.75) is 25.9 Å². The number of benzene rings is 1. The smallest absolute Gasteiger partial charge is 0.309 e. The van der Waals surface area contributed by atoms with Gasteiger partial charge in [-0.2, -0.15) is 0 Å². The summed E-state index contributed by atoms with van der Waals surface area (Å²) in [6.07, 6.45) is 0.427. The van der Waals surface area contributed by atoms with Gasteiger partial charge in [-0.3, -0.25) is 4.79 Å². The molecule has 2 rings (SSSR count). The van der Waals surface area contributed by atoms with Gasteiger partial charge in [0.2, 0.25) is 0 Å². The molecule has 0 saturated heterocycles. The molecule has 1 aliphatic rings. The van der Waals surface area contributed by atoms with Crippen molar-refractivity contribution in [3.8, 4) is 0 Å². The van der Waals surface area contributed by atoms with E-state index < -0.39 is 11.0 Å². The highest BCUT2D eigenvalue weighted by atomic mass is 16.5. The van der Waals surface area contributed by atoms with Crippen molar-refractivity contribution in [2.75, 3.05) is 7.11 Å². The lowest BCUT2D eigenvalue weighted by atomic mass is 9.49. The SMILES string of the molecule is COC(=O)[C@H]1C[C@@](O)(c2ccccc2)C1(C)C. The van der Waals surface area contributed by atoms with Crippen LogP contribution in [0.15, 0.2) is 30.3 Å². The zero-order chi connectivity index (χ0) is 12.7. The van der Waals surface area contributed by atoms with E-state index >= 15 is 0 Å². The summed E-state index contributed by atoms with van der Waals surface area (Å²) in [6.45, 7) is 3.82. The first-order valence-electron chi connectivity index (χ1n) is 5.79. The lowest BCUT2D eigenvalue weighted by molar-refractivity contribution is -0.216. The standard InChI is InChI=1S/C14H18O3/c1-13(2)11(12(15)17-3)9-14(13,16)10-7-5-4-6-8-10/h4-8,11,16H,9H2,1-3H3/t11-,14-/m1/s1. The number of carbonyl (C=O) groups excluding carboxylic acids is 1. The van der Waals surface area contributed by atoms with E-state index in [0.29, 0.717) is 6.42 Å². The Morgan fingerprint density at radius 1 is 1.35 bits per heavy atom. The van der Waals surface area contributed by atoms with Crippen LogP contribution in [0.4, 0.5) is 0 Å². The third kappa shape index (κ3) is 1.57. The highest BCUT2D eigenvalue weighted by Crippen LogP contribution is 2.60. The van der Waals surface area contributed by atoms with E-state index in [2.05, 4.69) is 0 Å². The molecule has 0 heterocycles. The monoisotopic (exact) mass is 234 g/mol. The fraction of sp³-hybridized carbons (Fsp3) is 0.500. The molecule has 0 radical (unpaired) electrons. The van der Waals surface area contributed by atoms with Gasteiger partial charge in [0.25, 0.3) is 0 Å². The second-order valence-corrected chi connectivity index (χ2v) is 5.23. The molecule has 0 aliphatic heterocycles. The van der Waals surface area contributed by atoms with Gasteiger partial charge < -0.3 is 9.84 Å². The van der Waals surface area contributed by atoms with Crippen molar-refractivity contribution in [2.24, 2.45) is 11.3 Å². The molecule has 1 N–H and O–H groups in total. The van der Waals surface area contributed by atoms with Crippen LogP contribution in [-0.4, -0.2) is 18.2 Å². The topological polar surface area (TPSA) is 46.5 Å². The molecule has 2 atom stereocenters. The van der Waals surface area contributed by atoms with Crippen LogP contribution in [0.5, 0.6) is 0 Å². The Labute approximate surface area is 101 Å². The summed E-state index contributed by atoms with van der Waals surface area (Å²) in [5, 5.41) is 10.7. The summed E-state index contributed by atoms with van der Waals surface area (Å²) in [7, 11) is 1.39. The average Bonchev–Trinajstić information content (AvgIpc) is 2.35. The van der Waals surface area contributed by atoms with Crippen LogP contribution in [0.1, 0.15) is 25.8 Å². The maximum absolute atomic E-state index is 11.6. The molecule has 1 aliphatic carbocycles. The van der Waals surface area contributed by atoms with E-state index in [-0.39, 0.29) is 11.9 Å². The minimum atomic E-state index is -0.937. The van der Waals surface area contributed by atoms with Crippen LogP contribution in [0.3, 0.4) is 0 Å². The second kappa shape index (κ2) is 3.84. The molecule has 1 saturated carbocycles. The predicted molar refractivity (Wildman–Crippen MR) is 64.2 cm³/mol. The highest BCUT2D eigenvalue weighted by molar-refractivity contribution is 5.75. The maximum Gasteiger partial charge on any atom is 0.309 e. The number of carbonyl (C=O) groups is 1. The fourth-order valence-electron chi connectivity index (χ4n) is 2.69. The third-order valence-corrected chi connectivity index (χ3v) is 4.17. The van der Waals surface area contributed by atoms with Gasteiger partial charge in [0, 0.05) is 5.41 Å². The van der Waals surface area contributed by atoms with E-state index in [0.717, 1.165) is 5.56 Å². The van der Waals surface area contributed by atoms with Gasteiger partial charge in [0.05, 0.1) is 18.6 Å². The van der Waals surface area contributed by atoms with Crippen molar-refractivity contribution in [1.82, 2.24) is 0 Å². The minimum Gasteiger partial charge on any atom is -0.469 e. The second-order valence-electron chi connectivity index (χ2n) is 5.23. The van der Waals surface area contributed by atoms with Gasteiger partial charge in [-0.05, 0) is 12.0 Å². The molecule has 0 spiro atoms. The zero-order valence-electron chi connectivity index (χ0n) is 10.4. The molecule has 17 heavy (non-hydrogen) atoms. The average molecular weight is 234 g/mol. The van der Waals surface area contributed by atoms with E-state index in [4.69, 9.17) is 4.74 Å². The number of hydrogen-bond acceptors (Lipinski definition) is 3. The van der Waals surface area contributed by atoms with Crippen LogP contribution in [0.25, 0.3) is 0 Å². The summed E-state index contributed by atoms with van der Waals surface area (Å²) in [5.41, 5.74) is -0.570. The summed E-state index contributed by atoms with van der Waals surface area (Å²) in [6, 6.07) is 9.50. The van der Waals surface area contributed by atoms with E-state index in [9.17, 15) is 9.90 Å². The summed E-state index contributed by atoms with van der Waals surface area (Å²) >= 11 is 0. The van der Waals surface area contributed by atoms with Gasteiger partial charge in [-0.25, -0.2) is 0 Å². The van der Waals surface area contributed by atoms with Gasteiger partial charge in [0.15, 0.2) is 0 Å². The summed E-state index contributed by atoms with van der Waals surface area (Å²) in [4.78, 5) is 11.6. The van der Waals surface area contributed by atoms with Gasteiger partial charge in [-0.15, -0.1) is 0 Å². The third-order valence-electron chi connectivity index (χ3n) is 4.17. The molecule has 3 heteroatoms. The van der Waals surface area contributed by atoms with Crippen molar-refractivity contribution in [1.29, 1.82) is 0 Å². The van der Waals surface area contributed by atoms with Crippen molar-refractivity contribution in [3.63, 3.8) is 0 Å². The first kappa shape index (κ1) is 12.1. The zero-order valence-corrected chi connectivity index (χ0v) is 10.4. The van der Waals surface area contributed by atoms with Crippen LogP contribution in [-0.2, 0) is 15.1 Å². The summed E-state index contributed by atoms with van der Waals surface area (Å²) < 4.78 is 4.77. The molecule has 3 nitrogen and oxygen atoms in total. The molecule has 1 aromatic rings. The number of aliphatic hydroxyl groups is 1. The highest BCUT2D eigenvalue weighted by Gasteiger charge is 2.63. The lowest BCUT2D eigenvalue weighted by Gasteiger charge is -2.57. The van der Waals surface area contributed by atoms with Gasteiger partial charge in [0.1, 0.15) is 0 Å². The largest absolute Gasteiger partial charge is 0.469 e.